The van der Waals surface area contributed by atoms with Gasteiger partial charge in [0.2, 0.25) is 0 Å². The van der Waals surface area contributed by atoms with Crippen LogP contribution in [0.5, 0.6) is 0 Å². The van der Waals surface area contributed by atoms with Crippen molar-refractivity contribution in [3.63, 3.8) is 0 Å². The van der Waals surface area contributed by atoms with Gasteiger partial charge in [-0.05, 0) is 37.8 Å². The molecule has 1 aromatic rings. The van der Waals surface area contributed by atoms with Crippen molar-refractivity contribution >= 4 is 11.9 Å². The van der Waals surface area contributed by atoms with Crippen molar-refractivity contribution in [1.82, 2.24) is 9.80 Å². The summed E-state index contributed by atoms with van der Waals surface area (Å²) < 4.78 is 11.3. The van der Waals surface area contributed by atoms with Crippen molar-refractivity contribution < 1.29 is 19.1 Å². The highest BCUT2D eigenvalue weighted by Crippen LogP contribution is 2.14. The van der Waals surface area contributed by atoms with Gasteiger partial charge in [0.15, 0.2) is 0 Å². The maximum Gasteiger partial charge on any atom is 0.340 e. The Bertz CT molecular complexity index is 631. The van der Waals surface area contributed by atoms with Crippen LogP contribution in [-0.4, -0.2) is 61.4 Å². The summed E-state index contributed by atoms with van der Waals surface area (Å²) in [6, 6.07) is 6.82. The molecule has 0 aromatic heterocycles. The molecular weight excluding hydrogens is 452 g/mol. The Morgan fingerprint density at radius 3 is 1.14 bits per heavy atom. The van der Waals surface area contributed by atoms with E-state index in [0.29, 0.717) is 0 Å². The molecule has 0 atom stereocenters. The number of nitrogens with zero attached hydrogens (tertiary/aromatic N) is 2. The number of hydrogen-bond acceptors (Lipinski definition) is 6. The summed E-state index contributed by atoms with van der Waals surface area (Å²) in [6.45, 7) is 12.9. The minimum Gasteiger partial charge on any atom is -0.446 e. The SMILES string of the molecule is CCCCCN(CCCCC)COC(=O)c1ccccc1C(=O)OCN(CCCCC)CCCCC. The highest BCUT2D eigenvalue weighted by Gasteiger charge is 2.20. The molecule has 6 heteroatoms. The van der Waals surface area contributed by atoms with E-state index in [1.165, 1.54) is 25.7 Å². The smallest absolute Gasteiger partial charge is 0.340 e. The van der Waals surface area contributed by atoms with Crippen LogP contribution in [0, 0.1) is 0 Å². The molecule has 0 N–H and O–H groups in total. The lowest BCUT2D eigenvalue weighted by Crippen LogP contribution is -2.31. The van der Waals surface area contributed by atoms with Crippen molar-refractivity contribution in [1.29, 1.82) is 0 Å². The van der Waals surface area contributed by atoms with Crippen LogP contribution in [0.3, 0.4) is 0 Å². The highest BCUT2D eigenvalue weighted by molar-refractivity contribution is 6.03. The van der Waals surface area contributed by atoms with Crippen LogP contribution in [0.2, 0.25) is 0 Å². The average Bonchev–Trinajstić information content (AvgIpc) is 2.89. The monoisotopic (exact) mass is 504 g/mol. The Labute approximate surface area is 220 Å². The van der Waals surface area contributed by atoms with Crippen molar-refractivity contribution in [2.75, 3.05) is 39.6 Å². The molecular formula is C30H52N2O4. The molecule has 0 aliphatic rings. The van der Waals surface area contributed by atoms with Gasteiger partial charge in [-0.25, -0.2) is 9.59 Å². The van der Waals surface area contributed by atoms with Gasteiger partial charge in [0.05, 0.1) is 11.1 Å². The lowest BCUT2D eigenvalue weighted by molar-refractivity contribution is 0.0165. The predicted molar refractivity (Wildman–Crippen MR) is 148 cm³/mol. The standard InChI is InChI=1S/C30H52N2O4/c1-5-9-15-21-31(22-16-10-6-2)25-35-29(33)27-19-13-14-20-28(27)30(34)36-26-32(23-17-11-7-3)24-18-12-8-4/h13-14,19-20H,5-12,15-18,21-26H2,1-4H3. The number of unbranched alkanes of at least 4 members (excludes halogenated alkanes) is 8. The van der Waals surface area contributed by atoms with Crippen LogP contribution in [0.4, 0.5) is 0 Å². The van der Waals surface area contributed by atoms with E-state index in [4.69, 9.17) is 9.47 Å². The number of hydrogen-bond donors (Lipinski definition) is 0. The highest BCUT2D eigenvalue weighted by atomic mass is 16.6. The van der Waals surface area contributed by atoms with Crippen LogP contribution in [0.25, 0.3) is 0 Å². The van der Waals surface area contributed by atoms with Gasteiger partial charge in [-0.2, -0.15) is 0 Å². The van der Waals surface area contributed by atoms with Crippen molar-refractivity contribution in [3.05, 3.63) is 35.4 Å². The molecule has 0 aliphatic heterocycles. The number of ether oxygens (including phenoxy) is 2. The summed E-state index contributed by atoms with van der Waals surface area (Å²) in [5.41, 5.74) is 0.543. The van der Waals surface area contributed by atoms with E-state index in [0.717, 1.165) is 77.5 Å². The quantitative estimate of drug-likeness (QED) is 0.0939. The number of carbonyl (C=O) groups excluding carboxylic acids is 2. The molecule has 0 aliphatic carbocycles. The molecule has 0 spiro atoms. The second kappa shape index (κ2) is 21.2. The molecule has 0 unspecified atom stereocenters. The number of esters is 2. The maximum absolute atomic E-state index is 13.0. The van der Waals surface area contributed by atoms with Gasteiger partial charge >= 0.3 is 11.9 Å². The van der Waals surface area contributed by atoms with Crippen molar-refractivity contribution in [2.45, 2.75) is 105 Å². The third-order valence-corrected chi connectivity index (χ3v) is 6.43. The Hall–Kier alpha value is -1.92. The zero-order chi connectivity index (χ0) is 26.4. The van der Waals surface area contributed by atoms with Gasteiger partial charge in [-0.3, -0.25) is 9.80 Å². The minimum absolute atomic E-state index is 0.248. The third kappa shape index (κ3) is 14.0. The van der Waals surface area contributed by atoms with E-state index >= 15 is 0 Å². The molecule has 0 heterocycles. The first-order valence-electron chi connectivity index (χ1n) is 14.4. The zero-order valence-electron chi connectivity index (χ0n) is 23.6. The van der Waals surface area contributed by atoms with E-state index in [9.17, 15) is 9.59 Å². The fraction of sp³-hybridized carbons (Fsp3) is 0.733. The summed E-state index contributed by atoms with van der Waals surface area (Å²) >= 11 is 0. The molecule has 206 valence electrons. The second-order valence-electron chi connectivity index (χ2n) is 9.73. The first-order valence-corrected chi connectivity index (χ1v) is 14.4. The lowest BCUT2D eigenvalue weighted by Gasteiger charge is -2.23. The molecule has 0 saturated carbocycles. The van der Waals surface area contributed by atoms with Crippen molar-refractivity contribution in [2.24, 2.45) is 0 Å². The van der Waals surface area contributed by atoms with Gasteiger partial charge in [0.25, 0.3) is 0 Å². The van der Waals surface area contributed by atoms with E-state index in [1.54, 1.807) is 24.3 Å². The number of benzene rings is 1. The van der Waals surface area contributed by atoms with Gasteiger partial charge in [0.1, 0.15) is 13.5 Å². The Kier molecular flexibility index (Phi) is 18.9. The zero-order valence-corrected chi connectivity index (χ0v) is 23.6. The van der Waals surface area contributed by atoms with E-state index < -0.39 is 11.9 Å². The van der Waals surface area contributed by atoms with Crippen LogP contribution in [-0.2, 0) is 9.47 Å². The van der Waals surface area contributed by atoms with Gasteiger partial charge in [-0.1, -0.05) is 91.2 Å². The average molecular weight is 505 g/mol. The molecule has 1 aromatic carbocycles. The Balaban J connectivity index is 2.73. The van der Waals surface area contributed by atoms with Gasteiger partial charge in [0, 0.05) is 26.2 Å². The molecule has 0 bridgehead atoms. The Morgan fingerprint density at radius 2 is 0.861 bits per heavy atom. The summed E-state index contributed by atoms with van der Waals surface area (Å²) in [7, 11) is 0. The molecule has 1 rings (SSSR count). The second-order valence-corrected chi connectivity index (χ2v) is 9.73. The topological polar surface area (TPSA) is 59.1 Å². The van der Waals surface area contributed by atoms with E-state index in [2.05, 4.69) is 37.5 Å². The fourth-order valence-electron chi connectivity index (χ4n) is 4.12. The minimum atomic E-state index is -0.471. The van der Waals surface area contributed by atoms with Crippen LogP contribution in [0.1, 0.15) is 125 Å². The molecule has 0 fully saturated rings. The largest absolute Gasteiger partial charge is 0.446 e. The van der Waals surface area contributed by atoms with Crippen LogP contribution < -0.4 is 0 Å². The number of rotatable bonds is 22. The predicted octanol–water partition coefficient (Wildman–Crippen LogP) is 7.28. The normalized spacial score (nSPS) is 11.3. The van der Waals surface area contributed by atoms with Gasteiger partial charge < -0.3 is 9.47 Å². The summed E-state index contributed by atoms with van der Waals surface area (Å²) in [5.74, 6) is -0.942. The molecule has 0 saturated heterocycles. The first-order chi connectivity index (χ1) is 17.6. The number of carbonyl (C=O) groups is 2. The molecule has 0 radical (unpaired) electrons. The summed E-state index contributed by atoms with van der Waals surface area (Å²) in [5, 5.41) is 0. The fourth-order valence-corrected chi connectivity index (χ4v) is 4.12. The third-order valence-electron chi connectivity index (χ3n) is 6.43. The van der Waals surface area contributed by atoms with Crippen LogP contribution >= 0.6 is 0 Å². The van der Waals surface area contributed by atoms with E-state index in [1.807, 2.05) is 0 Å². The molecule has 0 amide bonds. The van der Waals surface area contributed by atoms with E-state index in [-0.39, 0.29) is 24.6 Å². The summed E-state index contributed by atoms with van der Waals surface area (Å²) in [6.07, 6.45) is 13.7. The molecule has 36 heavy (non-hydrogen) atoms. The Morgan fingerprint density at radius 1 is 0.556 bits per heavy atom. The molecule has 6 nitrogen and oxygen atoms in total. The van der Waals surface area contributed by atoms with Crippen LogP contribution in [0.15, 0.2) is 24.3 Å². The van der Waals surface area contributed by atoms with Crippen molar-refractivity contribution in [3.8, 4) is 0 Å². The van der Waals surface area contributed by atoms with Gasteiger partial charge in [-0.15, -0.1) is 0 Å². The first kappa shape index (κ1) is 32.1. The maximum atomic E-state index is 13.0. The summed E-state index contributed by atoms with van der Waals surface area (Å²) in [4.78, 5) is 30.3. The lowest BCUT2D eigenvalue weighted by atomic mass is 10.1.